The molecule has 1 unspecified atom stereocenters. The first-order valence-electron chi connectivity index (χ1n) is 4.31. The number of hydrogen-bond donors (Lipinski definition) is 1. The number of anilines is 1. The highest BCUT2D eigenvalue weighted by atomic mass is 32.1. The molecule has 5 nitrogen and oxygen atoms in total. The smallest absolute Gasteiger partial charge is 0.328 e. The van der Waals surface area contributed by atoms with Gasteiger partial charge in [-0.25, -0.2) is 4.79 Å². The van der Waals surface area contributed by atoms with Gasteiger partial charge in [-0.2, -0.15) is 9.64 Å². The van der Waals surface area contributed by atoms with Gasteiger partial charge in [-0.05, 0) is 25.4 Å². The number of nitrogens with one attached hydrogen (secondary N) is 1. The molecule has 6 heteroatoms. The molecule has 1 rings (SSSR count). The zero-order valence-electron chi connectivity index (χ0n) is 8.70. The molecule has 0 saturated carbocycles. The van der Waals surface area contributed by atoms with E-state index in [1.54, 1.807) is 13.8 Å². The second-order valence-corrected chi connectivity index (χ2v) is 3.75. The highest BCUT2D eigenvalue weighted by molar-refractivity contribution is 7.10. The van der Waals surface area contributed by atoms with Gasteiger partial charge in [0.2, 0.25) is 0 Å². The van der Waals surface area contributed by atoms with Gasteiger partial charge < -0.3 is 10.1 Å². The van der Waals surface area contributed by atoms with E-state index in [2.05, 4.69) is 14.4 Å². The number of nitrogens with zero attached hydrogens (tertiary/aromatic N) is 2. The molecular formula is C9H11N3O2S. The number of hydrogen-bond acceptors (Lipinski definition) is 6. The van der Waals surface area contributed by atoms with E-state index in [1.807, 2.05) is 6.07 Å². The van der Waals surface area contributed by atoms with Crippen LogP contribution in [0.5, 0.6) is 0 Å². The lowest BCUT2D eigenvalue weighted by Gasteiger charge is -2.10. The minimum absolute atomic E-state index is 0.370. The predicted molar refractivity (Wildman–Crippen MR) is 56.7 cm³/mol. The highest BCUT2D eigenvalue weighted by Crippen LogP contribution is 2.24. The van der Waals surface area contributed by atoms with Crippen molar-refractivity contribution in [3.05, 3.63) is 11.3 Å². The van der Waals surface area contributed by atoms with Crippen LogP contribution in [0, 0.1) is 18.3 Å². The number of aromatic nitrogens is 1. The first kappa shape index (κ1) is 11.5. The summed E-state index contributed by atoms with van der Waals surface area (Å²) in [4.78, 5) is 11.1. The standard InChI is InChI=1S/C9H11N3O2S/c1-5-7(4-10)8(15-12-5)11-6(2)9(13)14-3/h6,11H,1-3H3. The molecule has 1 aromatic heterocycles. The molecule has 0 fully saturated rings. The minimum atomic E-state index is -0.484. The third kappa shape index (κ3) is 2.44. The number of ether oxygens (including phenoxy) is 1. The molecule has 0 saturated heterocycles. The van der Waals surface area contributed by atoms with Crippen LogP contribution in [0.15, 0.2) is 0 Å². The maximum absolute atomic E-state index is 11.1. The number of esters is 1. The summed E-state index contributed by atoms with van der Waals surface area (Å²) in [6.45, 7) is 3.42. The Hall–Kier alpha value is -1.61. The molecule has 80 valence electrons. The van der Waals surface area contributed by atoms with Gasteiger partial charge in [0.1, 0.15) is 22.7 Å². The summed E-state index contributed by atoms with van der Waals surface area (Å²) < 4.78 is 8.59. The molecule has 1 heterocycles. The van der Waals surface area contributed by atoms with Crippen molar-refractivity contribution < 1.29 is 9.53 Å². The number of aryl methyl sites for hydroxylation is 1. The van der Waals surface area contributed by atoms with Gasteiger partial charge in [-0.3, -0.25) is 0 Å². The van der Waals surface area contributed by atoms with E-state index in [1.165, 1.54) is 18.6 Å². The van der Waals surface area contributed by atoms with Crippen molar-refractivity contribution in [3.63, 3.8) is 0 Å². The molecular weight excluding hydrogens is 214 g/mol. The second-order valence-electron chi connectivity index (χ2n) is 2.97. The average molecular weight is 225 g/mol. The Balaban J connectivity index is 2.82. The molecule has 0 radical (unpaired) electrons. The Kier molecular flexibility index (Phi) is 3.63. The van der Waals surface area contributed by atoms with Crippen LogP contribution >= 0.6 is 11.5 Å². The fourth-order valence-corrected chi connectivity index (χ4v) is 1.87. The number of methoxy groups -OCH3 is 1. The minimum Gasteiger partial charge on any atom is -0.467 e. The summed E-state index contributed by atoms with van der Waals surface area (Å²) >= 11 is 1.17. The van der Waals surface area contributed by atoms with E-state index >= 15 is 0 Å². The van der Waals surface area contributed by atoms with Crippen molar-refractivity contribution in [3.8, 4) is 6.07 Å². The predicted octanol–water partition coefficient (Wildman–Crippen LogP) is 1.30. The zero-order valence-corrected chi connectivity index (χ0v) is 9.51. The van der Waals surface area contributed by atoms with Crippen LogP contribution in [0.25, 0.3) is 0 Å². The fourth-order valence-electron chi connectivity index (χ4n) is 1.03. The van der Waals surface area contributed by atoms with Crippen molar-refractivity contribution in [2.24, 2.45) is 0 Å². The summed E-state index contributed by atoms with van der Waals surface area (Å²) in [6, 6.07) is 1.56. The molecule has 1 N–H and O–H groups in total. The molecule has 0 bridgehead atoms. The topological polar surface area (TPSA) is 75.0 Å². The summed E-state index contributed by atoms with van der Waals surface area (Å²) in [6.07, 6.45) is 0. The lowest BCUT2D eigenvalue weighted by molar-refractivity contribution is -0.141. The number of nitriles is 1. The molecule has 1 aromatic rings. The van der Waals surface area contributed by atoms with Crippen molar-refractivity contribution >= 4 is 22.5 Å². The number of carbonyl (C=O) groups is 1. The Labute approximate surface area is 91.8 Å². The quantitative estimate of drug-likeness (QED) is 0.785. The Morgan fingerprint density at radius 2 is 2.40 bits per heavy atom. The molecule has 0 amide bonds. The van der Waals surface area contributed by atoms with Gasteiger partial charge in [0.05, 0.1) is 12.8 Å². The van der Waals surface area contributed by atoms with E-state index in [9.17, 15) is 4.79 Å². The lowest BCUT2D eigenvalue weighted by Crippen LogP contribution is -2.27. The van der Waals surface area contributed by atoms with Crippen LogP contribution in [-0.4, -0.2) is 23.5 Å². The molecule has 0 spiro atoms. The van der Waals surface area contributed by atoms with Crippen LogP contribution in [0.4, 0.5) is 5.00 Å². The third-order valence-electron chi connectivity index (χ3n) is 1.88. The Bertz CT molecular complexity index is 408. The van der Waals surface area contributed by atoms with E-state index in [0.717, 1.165) is 0 Å². The fraction of sp³-hybridized carbons (Fsp3) is 0.444. The third-order valence-corrected chi connectivity index (χ3v) is 2.75. The molecule has 15 heavy (non-hydrogen) atoms. The second kappa shape index (κ2) is 4.75. The highest BCUT2D eigenvalue weighted by Gasteiger charge is 2.17. The van der Waals surface area contributed by atoms with Crippen molar-refractivity contribution in [1.29, 1.82) is 5.26 Å². The first-order valence-corrected chi connectivity index (χ1v) is 5.08. The van der Waals surface area contributed by atoms with E-state index in [4.69, 9.17) is 5.26 Å². The van der Waals surface area contributed by atoms with Gasteiger partial charge in [0.15, 0.2) is 0 Å². The Morgan fingerprint density at radius 3 is 2.93 bits per heavy atom. The van der Waals surface area contributed by atoms with Crippen LogP contribution in [0.2, 0.25) is 0 Å². The van der Waals surface area contributed by atoms with Crippen LogP contribution in [0.3, 0.4) is 0 Å². The monoisotopic (exact) mass is 225 g/mol. The van der Waals surface area contributed by atoms with Gasteiger partial charge in [-0.1, -0.05) is 0 Å². The maximum atomic E-state index is 11.1. The summed E-state index contributed by atoms with van der Waals surface area (Å²) in [5.41, 5.74) is 1.15. The van der Waals surface area contributed by atoms with Crippen LogP contribution in [-0.2, 0) is 9.53 Å². The molecule has 1 atom stereocenters. The van der Waals surface area contributed by atoms with E-state index in [-0.39, 0.29) is 5.97 Å². The first-order chi connectivity index (χ1) is 7.10. The maximum Gasteiger partial charge on any atom is 0.328 e. The van der Waals surface area contributed by atoms with Crippen molar-refractivity contribution in [2.75, 3.05) is 12.4 Å². The van der Waals surface area contributed by atoms with Gasteiger partial charge >= 0.3 is 5.97 Å². The SMILES string of the molecule is COC(=O)C(C)Nc1snc(C)c1C#N. The number of rotatable bonds is 3. The lowest BCUT2D eigenvalue weighted by atomic mass is 10.2. The van der Waals surface area contributed by atoms with Crippen LogP contribution < -0.4 is 5.32 Å². The summed E-state index contributed by atoms with van der Waals surface area (Å²) in [5, 5.41) is 12.4. The van der Waals surface area contributed by atoms with Crippen molar-refractivity contribution in [1.82, 2.24) is 4.37 Å². The van der Waals surface area contributed by atoms with Crippen molar-refractivity contribution in [2.45, 2.75) is 19.9 Å². The van der Waals surface area contributed by atoms with E-state index in [0.29, 0.717) is 16.3 Å². The number of carbonyl (C=O) groups excluding carboxylic acids is 1. The van der Waals surface area contributed by atoms with Crippen LogP contribution in [0.1, 0.15) is 18.2 Å². The normalized spacial score (nSPS) is 11.6. The van der Waals surface area contributed by atoms with Gasteiger partial charge in [-0.15, -0.1) is 0 Å². The largest absolute Gasteiger partial charge is 0.467 e. The average Bonchev–Trinajstić information content (AvgIpc) is 2.57. The molecule has 0 aliphatic heterocycles. The molecule has 0 aromatic carbocycles. The summed E-state index contributed by atoms with van der Waals surface area (Å²) in [7, 11) is 1.32. The van der Waals surface area contributed by atoms with E-state index < -0.39 is 6.04 Å². The zero-order chi connectivity index (χ0) is 11.4. The van der Waals surface area contributed by atoms with Gasteiger partial charge in [0.25, 0.3) is 0 Å². The van der Waals surface area contributed by atoms with Gasteiger partial charge in [0, 0.05) is 0 Å². The summed E-state index contributed by atoms with van der Waals surface area (Å²) in [5.74, 6) is -0.370. The Morgan fingerprint density at radius 1 is 1.73 bits per heavy atom. The molecule has 0 aliphatic carbocycles. The molecule has 0 aliphatic rings.